The Bertz CT molecular complexity index is 723. The van der Waals surface area contributed by atoms with E-state index in [2.05, 4.69) is 15.1 Å². The van der Waals surface area contributed by atoms with Crippen LogP contribution in [-0.4, -0.2) is 19.7 Å². The summed E-state index contributed by atoms with van der Waals surface area (Å²) in [7, 11) is 0. The Morgan fingerprint density at radius 1 is 1.17 bits per heavy atom. The van der Waals surface area contributed by atoms with E-state index in [1.807, 2.05) is 19.1 Å². The molecule has 0 saturated carbocycles. The lowest BCUT2D eigenvalue weighted by molar-refractivity contribution is 0.882. The van der Waals surface area contributed by atoms with Gasteiger partial charge < -0.3 is 0 Å². The Labute approximate surface area is 113 Å². The first-order valence-electron chi connectivity index (χ1n) is 5.26. The highest BCUT2D eigenvalue weighted by molar-refractivity contribution is 6.38. The molecule has 3 aromatic rings. The second kappa shape index (κ2) is 4.23. The van der Waals surface area contributed by atoms with Gasteiger partial charge in [-0.25, -0.2) is 9.67 Å². The van der Waals surface area contributed by atoms with Gasteiger partial charge in [0.15, 0.2) is 0 Å². The summed E-state index contributed by atoms with van der Waals surface area (Å²) in [5, 5.41) is 6.08. The molecule has 0 aliphatic heterocycles. The molecule has 3 rings (SSSR count). The molecule has 0 amide bonds. The molecule has 0 spiro atoms. The van der Waals surface area contributed by atoms with Crippen LogP contribution in [0.3, 0.4) is 0 Å². The third-order valence-corrected chi connectivity index (χ3v) is 3.11. The molecule has 0 aliphatic carbocycles. The quantitative estimate of drug-likeness (QED) is 0.685. The van der Waals surface area contributed by atoms with Crippen molar-refractivity contribution in [2.45, 2.75) is 6.92 Å². The second-order valence-corrected chi connectivity index (χ2v) is 4.75. The van der Waals surface area contributed by atoms with Crippen molar-refractivity contribution in [1.82, 2.24) is 19.7 Å². The predicted molar refractivity (Wildman–Crippen MR) is 71.4 cm³/mol. The number of pyridine rings is 1. The van der Waals surface area contributed by atoms with Gasteiger partial charge in [-0.3, -0.25) is 4.98 Å². The number of hydrogen-bond acceptors (Lipinski definition) is 3. The monoisotopic (exact) mass is 278 g/mol. The van der Waals surface area contributed by atoms with Crippen LogP contribution in [0.2, 0.25) is 10.0 Å². The van der Waals surface area contributed by atoms with Crippen LogP contribution in [0, 0.1) is 6.92 Å². The number of benzene rings is 1. The van der Waals surface area contributed by atoms with Gasteiger partial charge in [-0.15, -0.1) is 0 Å². The lowest BCUT2D eigenvalue weighted by Gasteiger charge is -2.09. The minimum atomic E-state index is 0.530. The molecular formula is C12H8Cl2N4. The van der Waals surface area contributed by atoms with Gasteiger partial charge in [0.05, 0.1) is 16.2 Å². The second-order valence-electron chi connectivity index (χ2n) is 3.91. The van der Waals surface area contributed by atoms with Crippen molar-refractivity contribution < 1.29 is 0 Å². The molecule has 1 aromatic carbocycles. The fourth-order valence-electron chi connectivity index (χ4n) is 1.88. The van der Waals surface area contributed by atoms with Crippen LogP contribution in [-0.2, 0) is 0 Å². The van der Waals surface area contributed by atoms with Gasteiger partial charge in [-0.2, -0.15) is 5.10 Å². The summed E-state index contributed by atoms with van der Waals surface area (Å²) in [5.74, 6) is 0. The number of aryl methyl sites for hydroxylation is 1. The number of fused-ring (bicyclic) bond motifs is 1. The van der Waals surface area contributed by atoms with E-state index in [1.54, 1.807) is 17.1 Å². The fraction of sp³-hybridized carbons (Fsp3) is 0.0833. The molecule has 0 atom stereocenters. The van der Waals surface area contributed by atoms with Crippen LogP contribution in [0.4, 0.5) is 0 Å². The highest BCUT2D eigenvalue weighted by Gasteiger charge is 2.10. The zero-order valence-electron chi connectivity index (χ0n) is 9.43. The average Bonchev–Trinajstić information content (AvgIpc) is 2.83. The summed E-state index contributed by atoms with van der Waals surface area (Å²) in [4.78, 5) is 8.38. The summed E-state index contributed by atoms with van der Waals surface area (Å²) in [6, 6.07) is 5.43. The van der Waals surface area contributed by atoms with Gasteiger partial charge in [0.25, 0.3) is 0 Å². The molecular weight excluding hydrogens is 271 g/mol. The minimum absolute atomic E-state index is 0.530. The SMILES string of the molecule is Cc1cc(-n2cncn2)c2cc(Cl)cc(Cl)c2n1. The van der Waals surface area contributed by atoms with E-state index in [1.165, 1.54) is 6.33 Å². The summed E-state index contributed by atoms with van der Waals surface area (Å²) in [6.07, 6.45) is 3.11. The number of hydrogen-bond donors (Lipinski definition) is 0. The third-order valence-electron chi connectivity index (χ3n) is 2.60. The lowest BCUT2D eigenvalue weighted by Crippen LogP contribution is -1.98. The van der Waals surface area contributed by atoms with Gasteiger partial charge in [-0.05, 0) is 25.1 Å². The van der Waals surface area contributed by atoms with Crippen LogP contribution in [0.1, 0.15) is 5.69 Å². The van der Waals surface area contributed by atoms with Gasteiger partial charge in [0, 0.05) is 16.1 Å². The normalized spacial score (nSPS) is 11.1. The Balaban J connectivity index is 2.44. The Hall–Kier alpha value is -1.65. The first-order chi connectivity index (χ1) is 8.65. The number of halogens is 2. The molecule has 0 saturated heterocycles. The molecule has 0 bridgehead atoms. The molecule has 0 unspecified atom stereocenters. The van der Waals surface area contributed by atoms with Crippen molar-refractivity contribution in [3.63, 3.8) is 0 Å². The van der Waals surface area contributed by atoms with Crippen LogP contribution < -0.4 is 0 Å². The first kappa shape index (κ1) is 11.4. The molecule has 6 heteroatoms. The largest absolute Gasteiger partial charge is 0.251 e. The van der Waals surface area contributed by atoms with Crippen LogP contribution >= 0.6 is 23.2 Å². The average molecular weight is 279 g/mol. The Morgan fingerprint density at radius 3 is 2.72 bits per heavy atom. The zero-order valence-corrected chi connectivity index (χ0v) is 10.9. The van der Waals surface area contributed by atoms with Crippen molar-refractivity contribution in [2.75, 3.05) is 0 Å². The van der Waals surface area contributed by atoms with Crippen molar-refractivity contribution in [3.05, 3.63) is 46.6 Å². The highest BCUT2D eigenvalue weighted by Crippen LogP contribution is 2.30. The number of rotatable bonds is 1. The molecule has 0 radical (unpaired) electrons. The molecule has 0 fully saturated rings. The topological polar surface area (TPSA) is 43.6 Å². The van der Waals surface area contributed by atoms with E-state index in [0.29, 0.717) is 15.6 Å². The summed E-state index contributed by atoms with van der Waals surface area (Å²) >= 11 is 12.2. The molecule has 4 nitrogen and oxygen atoms in total. The molecule has 18 heavy (non-hydrogen) atoms. The van der Waals surface area contributed by atoms with Crippen molar-refractivity contribution in [3.8, 4) is 5.69 Å². The van der Waals surface area contributed by atoms with E-state index < -0.39 is 0 Å². The van der Waals surface area contributed by atoms with Gasteiger partial charge in [-0.1, -0.05) is 23.2 Å². The maximum absolute atomic E-state index is 6.18. The molecule has 2 heterocycles. The Morgan fingerprint density at radius 2 is 2.00 bits per heavy atom. The maximum Gasteiger partial charge on any atom is 0.138 e. The van der Waals surface area contributed by atoms with E-state index in [0.717, 1.165) is 16.8 Å². The number of aromatic nitrogens is 4. The molecule has 0 N–H and O–H groups in total. The van der Waals surface area contributed by atoms with Crippen LogP contribution in [0.5, 0.6) is 0 Å². The van der Waals surface area contributed by atoms with Gasteiger partial charge in [0.2, 0.25) is 0 Å². The Kier molecular flexibility index (Phi) is 2.69. The third kappa shape index (κ3) is 1.83. The predicted octanol–water partition coefficient (Wildman–Crippen LogP) is 3.43. The van der Waals surface area contributed by atoms with Crippen molar-refractivity contribution >= 4 is 34.1 Å². The van der Waals surface area contributed by atoms with E-state index in [-0.39, 0.29) is 0 Å². The first-order valence-corrected chi connectivity index (χ1v) is 6.02. The number of nitrogens with zero attached hydrogens (tertiary/aromatic N) is 4. The van der Waals surface area contributed by atoms with E-state index in [4.69, 9.17) is 23.2 Å². The zero-order chi connectivity index (χ0) is 12.7. The maximum atomic E-state index is 6.18. The molecule has 90 valence electrons. The van der Waals surface area contributed by atoms with Crippen LogP contribution in [0.25, 0.3) is 16.6 Å². The fourth-order valence-corrected chi connectivity index (χ4v) is 2.42. The standard InChI is InChI=1S/C12H8Cl2N4/c1-7-2-11(18-6-15-5-16-18)9-3-8(13)4-10(14)12(9)17-7/h2-6H,1H3. The lowest BCUT2D eigenvalue weighted by atomic mass is 10.1. The van der Waals surface area contributed by atoms with Crippen LogP contribution in [0.15, 0.2) is 30.9 Å². The van der Waals surface area contributed by atoms with Gasteiger partial charge in [0.1, 0.15) is 12.7 Å². The van der Waals surface area contributed by atoms with Crippen molar-refractivity contribution in [2.24, 2.45) is 0 Å². The van der Waals surface area contributed by atoms with Crippen molar-refractivity contribution in [1.29, 1.82) is 0 Å². The summed E-state index contributed by atoms with van der Waals surface area (Å²) in [6.45, 7) is 1.91. The molecule has 0 aliphatic rings. The molecule has 2 aromatic heterocycles. The van der Waals surface area contributed by atoms with Gasteiger partial charge >= 0.3 is 0 Å². The highest BCUT2D eigenvalue weighted by atomic mass is 35.5. The summed E-state index contributed by atoms with van der Waals surface area (Å²) in [5.41, 5.74) is 2.43. The summed E-state index contributed by atoms with van der Waals surface area (Å²) < 4.78 is 1.67. The smallest absolute Gasteiger partial charge is 0.138 e. The minimum Gasteiger partial charge on any atom is -0.251 e. The van der Waals surface area contributed by atoms with E-state index >= 15 is 0 Å². The van der Waals surface area contributed by atoms with E-state index in [9.17, 15) is 0 Å².